The Kier molecular flexibility index (Phi) is 6.80. The van der Waals surface area contributed by atoms with Gasteiger partial charge in [0.05, 0.1) is 21.7 Å². The number of alkyl halides is 3. The van der Waals surface area contributed by atoms with Crippen LogP contribution in [0, 0.1) is 0 Å². The zero-order chi connectivity index (χ0) is 26.9. The fourth-order valence-electron chi connectivity index (χ4n) is 4.67. The molecule has 4 aromatic carbocycles. The fourth-order valence-corrected chi connectivity index (χ4v) is 5.60. The van der Waals surface area contributed by atoms with Crippen molar-refractivity contribution in [3.8, 4) is 22.3 Å². The first-order valence-electron chi connectivity index (χ1n) is 12.1. The van der Waals surface area contributed by atoms with Crippen molar-refractivity contribution in [3.05, 3.63) is 120 Å². The summed E-state index contributed by atoms with van der Waals surface area (Å²) in [7, 11) is -3.39. The average Bonchev–Trinajstić information content (AvgIpc) is 2.92. The minimum atomic E-state index is -4.54. The van der Waals surface area contributed by atoms with Gasteiger partial charge in [-0.15, -0.1) is 0 Å². The summed E-state index contributed by atoms with van der Waals surface area (Å²) < 4.78 is 66.5. The summed E-state index contributed by atoms with van der Waals surface area (Å²) in [5.41, 5.74) is 3.79. The van der Waals surface area contributed by atoms with Crippen LogP contribution in [-0.4, -0.2) is 19.2 Å². The minimum Gasteiger partial charge on any atom is -0.255 e. The van der Waals surface area contributed by atoms with Gasteiger partial charge in [0.25, 0.3) is 0 Å². The van der Waals surface area contributed by atoms with E-state index in [2.05, 4.69) is 4.98 Å². The van der Waals surface area contributed by atoms with Gasteiger partial charge in [-0.25, -0.2) is 8.42 Å². The SMILES string of the molecule is CCS(=O)(=O)c1cccc(-c2cccc(-c3c(Cc4ccccc4)cnc4c(C(F)(F)F)cccc34)c2)c1. The highest BCUT2D eigenvalue weighted by Gasteiger charge is 2.33. The molecule has 0 unspecified atom stereocenters. The second-order valence-corrected chi connectivity index (χ2v) is 11.3. The molecule has 192 valence electrons. The first-order valence-corrected chi connectivity index (χ1v) is 13.8. The van der Waals surface area contributed by atoms with Crippen LogP contribution in [0.3, 0.4) is 0 Å². The average molecular weight is 532 g/mol. The molecule has 0 N–H and O–H groups in total. The number of nitrogens with zero attached hydrogens (tertiary/aromatic N) is 1. The van der Waals surface area contributed by atoms with Crippen molar-refractivity contribution in [3.63, 3.8) is 0 Å². The lowest BCUT2D eigenvalue weighted by Gasteiger charge is -2.17. The first-order chi connectivity index (χ1) is 18.2. The lowest BCUT2D eigenvalue weighted by molar-refractivity contribution is -0.136. The Morgan fingerprint density at radius 2 is 1.42 bits per heavy atom. The van der Waals surface area contributed by atoms with Crippen LogP contribution in [0.25, 0.3) is 33.2 Å². The summed E-state index contributed by atoms with van der Waals surface area (Å²) in [5, 5.41) is 0.410. The highest BCUT2D eigenvalue weighted by atomic mass is 32.2. The Hall–Kier alpha value is -3.97. The van der Waals surface area contributed by atoms with Gasteiger partial charge in [0.1, 0.15) is 0 Å². The van der Waals surface area contributed by atoms with Gasteiger partial charge in [-0.2, -0.15) is 13.2 Å². The molecule has 0 aliphatic rings. The van der Waals surface area contributed by atoms with Gasteiger partial charge < -0.3 is 0 Å². The molecular weight excluding hydrogens is 507 g/mol. The molecule has 0 radical (unpaired) electrons. The van der Waals surface area contributed by atoms with Crippen LogP contribution in [-0.2, 0) is 22.4 Å². The molecule has 38 heavy (non-hydrogen) atoms. The third kappa shape index (κ3) is 5.07. The fraction of sp³-hybridized carbons (Fsp3) is 0.129. The van der Waals surface area contributed by atoms with E-state index in [0.29, 0.717) is 22.9 Å². The van der Waals surface area contributed by atoms with Crippen LogP contribution in [0.15, 0.2) is 108 Å². The minimum absolute atomic E-state index is 0.0100. The number of fused-ring (bicyclic) bond motifs is 1. The van der Waals surface area contributed by atoms with Gasteiger partial charge in [-0.1, -0.05) is 79.7 Å². The molecule has 0 aliphatic heterocycles. The smallest absolute Gasteiger partial charge is 0.255 e. The van der Waals surface area contributed by atoms with Gasteiger partial charge in [-0.05, 0) is 64.1 Å². The van der Waals surface area contributed by atoms with E-state index in [4.69, 9.17) is 0 Å². The van der Waals surface area contributed by atoms with Gasteiger partial charge in [0, 0.05) is 11.6 Å². The molecule has 5 aromatic rings. The van der Waals surface area contributed by atoms with Crippen molar-refractivity contribution in [1.82, 2.24) is 4.98 Å². The van der Waals surface area contributed by atoms with Crippen molar-refractivity contribution in [2.75, 3.05) is 5.75 Å². The molecule has 0 fully saturated rings. The first kappa shape index (κ1) is 25.7. The molecule has 0 amide bonds. The topological polar surface area (TPSA) is 47.0 Å². The predicted octanol–water partition coefficient (Wildman–Crippen LogP) is 7.97. The highest BCUT2D eigenvalue weighted by molar-refractivity contribution is 7.91. The molecule has 0 aliphatic carbocycles. The zero-order valence-corrected chi connectivity index (χ0v) is 21.4. The lowest BCUT2D eigenvalue weighted by Crippen LogP contribution is -2.07. The summed E-state index contributed by atoms with van der Waals surface area (Å²) in [4.78, 5) is 4.51. The van der Waals surface area contributed by atoms with Crippen molar-refractivity contribution in [1.29, 1.82) is 0 Å². The number of aromatic nitrogens is 1. The Morgan fingerprint density at radius 1 is 0.763 bits per heavy atom. The quantitative estimate of drug-likeness (QED) is 0.223. The Morgan fingerprint density at radius 3 is 2.13 bits per heavy atom. The summed E-state index contributed by atoms with van der Waals surface area (Å²) in [6.07, 6.45) is -2.53. The number of para-hydroxylation sites is 1. The third-order valence-corrected chi connectivity index (χ3v) is 8.31. The molecule has 0 saturated heterocycles. The Balaban J connectivity index is 1.72. The molecule has 0 saturated carbocycles. The van der Waals surface area contributed by atoms with Crippen LogP contribution >= 0.6 is 0 Å². The molecule has 0 atom stereocenters. The van der Waals surface area contributed by atoms with E-state index >= 15 is 0 Å². The summed E-state index contributed by atoms with van der Waals surface area (Å²) in [6.45, 7) is 1.60. The van der Waals surface area contributed by atoms with Crippen molar-refractivity contribution >= 4 is 20.7 Å². The standard InChI is InChI=1S/C31H24F3NO2S/c1-2-38(36,37)26-14-7-12-23(19-26)22-11-6-13-24(18-22)29-25(17-21-9-4-3-5-10-21)20-35-30-27(29)15-8-16-28(30)31(32,33)34/h3-16,18-20H,2,17H2,1H3. The summed E-state index contributed by atoms with van der Waals surface area (Å²) >= 11 is 0. The van der Waals surface area contributed by atoms with Crippen molar-refractivity contribution < 1.29 is 21.6 Å². The molecular formula is C31H24F3NO2S. The van der Waals surface area contributed by atoms with Gasteiger partial charge in [0.2, 0.25) is 0 Å². The highest BCUT2D eigenvalue weighted by Crippen LogP contribution is 2.40. The van der Waals surface area contributed by atoms with Gasteiger partial charge in [0.15, 0.2) is 9.84 Å². The molecule has 1 aromatic heterocycles. The Bertz CT molecular complexity index is 1730. The maximum absolute atomic E-state index is 13.9. The maximum atomic E-state index is 13.9. The number of halogens is 3. The van der Waals surface area contributed by atoms with Crippen molar-refractivity contribution in [2.24, 2.45) is 0 Å². The van der Waals surface area contributed by atoms with E-state index in [1.165, 1.54) is 12.3 Å². The van der Waals surface area contributed by atoms with Crippen LogP contribution in [0.4, 0.5) is 13.2 Å². The molecule has 5 rings (SSSR count). The number of sulfone groups is 1. The van der Waals surface area contributed by atoms with Crippen molar-refractivity contribution in [2.45, 2.75) is 24.4 Å². The van der Waals surface area contributed by atoms with Crippen LogP contribution in [0.5, 0.6) is 0 Å². The van der Waals surface area contributed by atoms with Gasteiger partial charge >= 0.3 is 6.18 Å². The van der Waals surface area contributed by atoms with E-state index in [9.17, 15) is 21.6 Å². The largest absolute Gasteiger partial charge is 0.418 e. The lowest BCUT2D eigenvalue weighted by atomic mass is 9.90. The van der Waals surface area contributed by atoms with E-state index in [0.717, 1.165) is 28.3 Å². The van der Waals surface area contributed by atoms with E-state index in [1.54, 1.807) is 31.2 Å². The van der Waals surface area contributed by atoms with E-state index in [1.807, 2.05) is 60.7 Å². The van der Waals surface area contributed by atoms with Crippen LogP contribution < -0.4 is 0 Å². The molecule has 1 heterocycles. The molecule has 0 bridgehead atoms. The normalized spacial score (nSPS) is 12.1. The Labute approximate surface area is 219 Å². The number of pyridine rings is 1. The summed E-state index contributed by atoms with van der Waals surface area (Å²) in [6, 6.07) is 28.0. The predicted molar refractivity (Wildman–Crippen MR) is 145 cm³/mol. The van der Waals surface area contributed by atoms with Crippen LogP contribution in [0.1, 0.15) is 23.6 Å². The number of hydrogen-bond acceptors (Lipinski definition) is 3. The number of benzene rings is 4. The van der Waals surface area contributed by atoms with E-state index in [-0.39, 0.29) is 16.2 Å². The molecule has 3 nitrogen and oxygen atoms in total. The van der Waals surface area contributed by atoms with Crippen LogP contribution in [0.2, 0.25) is 0 Å². The zero-order valence-electron chi connectivity index (χ0n) is 20.5. The monoisotopic (exact) mass is 531 g/mol. The number of rotatable bonds is 6. The maximum Gasteiger partial charge on any atom is 0.418 e. The molecule has 0 spiro atoms. The second-order valence-electron chi connectivity index (χ2n) is 9.03. The third-order valence-electron chi connectivity index (χ3n) is 6.58. The summed E-state index contributed by atoms with van der Waals surface area (Å²) in [5.74, 6) is -0.0100. The van der Waals surface area contributed by atoms with Gasteiger partial charge in [-0.3, -0.25) is 4.98 Å². The number of hydrogen-bond donors (Lipinski definition) is 0. The van der Waals surface area contributed by atoms with E-state index < -0.39 is 21.6 Å². The molecule has 7 heteroatoms. The second kappa shape index (κ2) is 10.1.